The number of fused-ring (bicyclic) bond motifs is 1. The number of aromatic nitrogens is 2. The highest BCUT2D eigenvalue weighted by Crippen LogP contribution is 2.27. The van der Waals surface area contributed by atoms with E-state index >= 15 is 0 Å². The number of anilines is 1. The number of imidazole rings is 1. The molecule has 3 aromatic carbocycles. The first-order chi connectivity index (χ1) is 14.1. The van der Waals surface area contributed by atoms with Crippen molar-refractivity contribution in [3.63, 3.8) is 0 Å². The van der Waals surface area contributed by atoms with Crippen LogP contribution in [0.3, 0.4) is 0 Å². The van der Waals surface area contributed by atoms with Crippen LogP contribution in [0.2, 0.25) is 5.02 Å². The molecule has 5 heteroatoms. The van der Waals surface area contributed by atoms with Crippen molar-refractivity contribution in [2.45, 2.75) is 25.9 Å². The highest BCUT2D eigenvalue weighted by atomic mass is 35.5. The topological polar surface area (TPSA) is 53.6 Å². The fourth-order valence-corrected chi connectivity index (χ4v) is 3.68. The molecular weight excluding hydrogens is 380 g/mol. The molecule has 4 aromatic rings. The van der Waals surface area contributed by atoms with Gasteiger partial charge in [-0.15, -0.1) is 0 Å². The second-order valence-electron chi connectivity index (χ2n) is 7.07. The van der Waals surface area contributed by atoms with Crippen molar-refractivity contribution in [3.8, 4) is 6.07 Å². The lowest BCUT2D eigenvalue weighted by molar-refractivity contribution is 0.692. The number of hydrogen-bond acceptors (Lipinski definition) is 3. The monoisotopic (exact) mass is 400 g/mol. The van der Waals surface area contributed by atoms with Crippen molar-refractivity contribution in [1.29, 1.82) is 5.26 Å². The largest absolute Gasteiger partial charge is 0.375 e. The van der Waals surface area contributed by atoms with E-state index in [-0.39, 0.29) is 6.04 Å². The Balaban J connectivity index is 1.67. The molecule has 0 aliphatic rings. The van der Waals surface area contributed by atoms with Gasteiger partial charge in [0.25, 0.3) is 0 Å². The smallest absolute Gasteiger partial charge is 0.132 e. The molecule has 0 spiro atoms. The molecule has 0 bridgehead atoms. The summed E-state index contributed by atoms with van der Waals surface area (Å²) in [5.74, 6) is 0.951. The third kappa shape index (κ3) is 4.26. The van der Waals surface area contributed by atoms with Crippen molar-refractivity contribution in [3.05, 3.63) is 94.8 Å². The SMILES string of the molecule is CC(Nc1ccc(CC#N)cc1)c1nc2cc(Cl)ccc2n1Cc1ccccc1. The third-order valence-electron chi connectivity index (χ3n) is 4.93. The van der Waals surface area contributed by atoms with Gasteiger partial charge in [-0.2, -0.15) is 5.26 Å². The zero-order valence-corrected chi connectivity index (χ0v) is 16.9. The van der Waals surface area contributed by atoms with Crippen LogP contribution < -0.4 is 5.32 Å². The van der Waals surface area contributed by atoms with E-state index in [4.69, 9.17) is 21.8 Å². The highest BCUT2D eigenvalue weighted by molar-refractivity contribution is 6.31. The standard InChI is InChI=1S/C24H21ClN4/c1-17(27-21-10-7-18(8-11-21)13-14-26)24-28-22-15-20(25)9-12-23(22)29(24)16-19-5-3-2-4-6-19/h2-12,15,17,27H,13,16H2,1H3. The Morgan fingerprint density at radius 3 is 2.52 bits per heavy atom. The first-order valence-corrected chi connectivity index (χ1v) is 9.94. The van der Waals surface area contributed by atoms with Gasteiger partial charge in [0, 0.05) is 17.3 Å². The van der Waals surface area contributed by atoms with Gasteiger partial charge in [-0.3, -0.25) is 0 Å². The number of nitrogens with zero attached hydrogens (tertiary/aromatic N) is 3. The van der Waals surface area contributed by atoms with Crippen LogP contribution in [0.1, 0.15) is 29.9 Å². The van der Waals surface area contributed by atoms with Gasteiger partial charge in [0.05, 0.1) is 29.6 Å². The van der Waals surface area contributed by atoms with Gasteiger partial charge in [0.15, 0.2) is 0 Å². The van der Waals surface area contributed by atoms with Gasteiger partial charge in [-0.05, 0) is 48.4 Å². The average Bonchev–Trinajstić information content (AvgIpc) is 3.08. The fourth-order valence-electron chi connectivity index (χ4n) is 3.51. The molecular formula is C24H21ClN4. The van der Waals surface area contributed by atoms with Crippen LogP contribution in [0.5, 0.6) is 0 Å². The molecule has 0 aliphatic heterocycles. The molecule has 0 aliphatic carbocycles. The van der Waals surface area contributed by atoms with Gasteiger partial charge in [-0.25, -0.2) is 4.98 Å². The second kappa shape index (κ2) is 8.38. The molecule has 1 unspecified atom stereocenters. The van der Waals surface area contributed by atoms with Crippen LogP contribution in [0.15, 0.2) is 72.8 Å². The number of halogens is 1. The van der Waals surface area contributed by atoms with Gasteiger partial charge in [0.2, 0.25) is 0 Å². The lowest BCUT2D eigenvalue weighted by Gasteiger charge is -2.18. The zero-order chi connectivity index (χ0) is 20.2. The van der Waals surface area contributed by atoms with E-state index < -0.39 is 0 Å². The number of nitriles is 1. The lowest BCUT2D eigenvalue weighted by Crippen LogP contribution is -2.14. The fraction of sp³-hybridized carbons (Fsp3) is 0.167. The molecule has 0 radical (unpaired) electrons. The van der Waals surface area contributed by atoms with Crippen molar-refractivity contribution in [1.82, 2.24) is 9.55 Å². The molecule has 29 heavy (non-hydrogen) atoms. The maximum Gasteiger partial charge on any atom is 0.132 e. The van der Waals surface area contributed by atoms with E-state index in [0.29, 0.717) is 11.4 Å². The normalized spacial score (nSPS) is 11.9. The van der Waals surface area contributed by atoms with E-state index in [1.54, 1.807) is 0 Å². The van der Waals surface area contributed by atoms with E-state index in [9.17, 15) is 0 Å². The highest BCUT2D eigenvalue weighted by Gasteiger charge is 2.17. The first kappa shape index (κ1) is 19.0. The molecule has 1 atom stereocenters. The van der Waals surface area contributed by atoms with Crippen LogP contribution >= 0.6 is 11.6 Å². The van der Waals surface area contributed by atoms with E-state index in [0.717, 1.165) is 34.7 Å². The Labute approximate surface area is 175 Å². The Morgan fingerprint density at radius 1 is 1.03 bits per heavy atom. The van der Waals surface area contributed by atoms with Crippen LogP contribution in [0.25, 0.3) is 11.0 Å². The van der Waals surface area contributed by atoms with Gasteiger partial charge >= 0.3 is 0 Å². The second-order valence-corrected chi connectivity index (χ2v) is 7.51. The summed E-state index contributed by atoms with van der Waals surface area (Å²) in [7, 11) is 0. The summed E-state index contributed by atoms with van der Waals surface area (Å²) in [5, 5.41) is 13.0. The third-order valence-corrected chi connectivity index (χ3v) is 5.17. The van der Waals surface area contributed by atoms with Crippen molar-refractivity contribution < 1.29 is 0 Å². The van der Waals surface area contributed by atoms with Gasteiger partial charge in [0.1, 0.15) is 5.82 Å². The maximum atomic E-state index is 8.84. The summed E-state index contributed by atoms with van der Waals surface area (Å²) < 4.78 is 2.24. The molecule has 4 rings (SSSR count). The molecule has 1 N–H and O–H groups in total. The number of benzene rings is 3. The van der Waals surface area contributed by atoms with Crippen molar-refractivity contribution in [2.24, 2.45) is 0 Å². The summed E-state index contributed by atoms with van der Waals surface area (Å²) in [6.07, 6.45) is 0.420. The summed E-state index contributed by atoms with van der Waals surface area (Å²) in [6, 6.07) is 26.3. The quantitative estimate of drug-likeness (QED) is 0.433. The minimum Gasteiger partial charge on any atom is -0.375 e. The number of nitrogens with one attached hydrogen (secondary N) is 1. The van der Waals surface area contributed by atoms with Crippen molar-refractivity contribution >= 4 is 28.3 Å². The van der Waals surface area contributed by atoms with Crippen LogP contribution in [-0.2, 0) is 13.0 Å². The average molecular weight is 401 g/mol. The minimum atomic E-state index is -0.00768. The number of rotatable bonds is 6. The van der Waals surface area contributed by atoms with Crippen molar-refractivity contribution in [2.75, 3.05) is 5.32 Å². The summed E-state index contributed by atoms with van der Waals surface area (Å²) in [6.45, 7) is 2.84. The van der Waals surface area contributed by atoms with E-state index in [1.165, 1.54) is 5.56 Å². The minimum absolute atomic E-state index is 0.00768. The Hall–Kier alpha value is -3.29. The Bertz CT molecular complexity index is 1160. The molecule has 1 heterocycles. The van der Waals surface area contributed by atoms with E-state index in [1.807, 2.05) is 48.5 Å². The Morgan fingerprint density at radius 2 is 1.79 bits per heavy atom. The summed E-state index contributed by atoms with van der Waals surface area (Å²) in [5.41, 5.74) is 5.18. The predicted octanol–water partition coefficient (Wildman–Crippen LogP) is 5.98. The zero-order valence-electron chi connectivity index (χ0n) is 16.1. The first-order valence-electron chi connectivity index (χ1n) is 9.56. The maximum absolute atomic E-state index is 8.84. The molecule has 0 amide bonds. The molecule has 1 aromatic heterocycles. The molecule has 0 fully saturated rings. The van der Waals surface area contributed by atoms with Gasteiger partial charge < -0.3 is 9.88 Å². The van der Waals surface area contributed by atoms with Gasteiger partial charge in [-0.1, -0.05) is 54.1 Å². The summed E-state index contributed by atoms with van der Waals surface area (Å²) >= 11 is 6.20. The Kier molecular flexibility index (Phi) is 5.50. The van der Waals surface area contributed by atoms with Crippen LogP contribution in [0, 0.1) is 11.3 Å². The molecule has 0 saturated heterocycles. The number of hydrogen-bond donors (Lipinski definition) is 1. The molecule has 144 valence electrons. The van der Waals surface area contributed by atoms with E-state index in [2.05, 4.69) is 47.1 Å². The lowest BCUT2D eigenvalue weighted by atomic mass is 10.1. The molecule has 0 saturated carbocycles. The summed E-state index contributed by atoms with van der Waals surface area (Å²) in [4.78, 5) is 4.89. The molecule has 4 nitrogen and oxygen atoms in total. The predicted molar refractivity (Wildman–Crippen MR) is 118 cm³/mol. The van der Waals surface area contributed by atoms with Crippen LogP contribution in [-0.4, -0.2) is 9.55 Å². The van der Waals surface area contributed by atoms with Crippen LogP contribution in [0.4, 0.5) is 5.69 Å².